The van der Waals surface area contributed by atoms with Crippen molar-refractivity contribution in [1.29, 1.82) is 0 Å². The number of fused-ring (bicyclic) bond motifs is 1. The maximum absolute atomic E-state index is 12.3. The molecule has 0 amide bonds. The Balaban J connectivity index is 2.90. The van der Waals surface area contributed by atoms with Gasteiger partial charge in [-0.3, -0.25) is 13.9 Å². The second-order valence-electron chi connectivity index (χ2n) is 4.55. The molecule has 2 aromatic heterocycles. The molecule has 2 heterocycles. The summed E-state index contributed by atoms with van der Waals surface area (Å²) in [5, 5.41) is 1.11. The molecule has 2 aromatic rings. The number of nitrogens with zero attached hydrogens (tertiary/aromatic N) is 4. The van der Waals surface area contributed by atoms with Crippen LogP contribution in [-0.4, -0.2) is 24.9 Å². The van der Waals surface area contributed by atoms with Crippen LogP contribution in [-0.2, 0) is 20.5 Å². The van der Waals surface area contributed by atoms with E-state index in [0.29, 0.717) is 28.3 Å². The Hall–Kier alpha value is -1.63. The van der Waals surface area contributed by atoms with E-state index in [4.69, 9.17) is 0 Å². The maximum atomic E-state index is 12.3. The van der Waals surface area contributed by atoms with Gasteiger partial charge in [-0.05, 0) is 12.2 Å². The topological polar surface area (TPSA) is 69.8 Å². The van der Waals surface area contributed by atoms with Crippen molar-refractivity contribution in [1.82, 2.24) is 19.1 Å². The van der Waals surface area contributed by atoms with E-state index < -0.39 is 0 Å². The van der Waals surface area contributed by atoms with Crippen molar-refractivity contribution in [2.24, 2.45) is 14.1 Å². The van der Waals surface area contributed by atoms with Gasteiger partial charge in [0.1, 0.15) is 16.2 Å². The molecule has 108 valence electrons. The van der Waals surface area contributed by atoms with Crippen molar-refractivity contribution < 1.29 is 0 Å². The van der Waals surface area contributed by atoms with Crippen LogP contribution in [0.3, 0.4) is 0 Å². The van der Waals surface area contributed by atoms with Gasteiger partial charge in [0.25, 0.3) is 5.56 Å². The summed E-state index contributed by atoms with van der Waals surface area (Å²) in [5.74, 6) is 1.53. The van der Waals surface area contributed by atoms with Gasteiger partial charge in [0.05, 0.1) is 0 Å². The Kier molecular flexibility index (Phi) is 4.27. The molecule has 0 bridgehead atoms. The Morgan fingerprint density at radius 3 is 2.40 bits per heavy atom. The molecular formula is C13H18N4O2S. The molecule has 0 aliphatic rings. The van der Waals surface area contributed by atoms with Crippen LogP contribution in [0.5, 0.6) is 0 Å². The third-order valence-electron chi connectivity index (χ3n) is 3.07. The average molecular weight is 294 g/mol. The van der Waals surface area contributed by atoms with Crippen molar-refractivity contribution >= 4 is 22.8 Å². The predicted molar refractivity (Wildman–Crippen MR) is 80.4 cm³/mol. The molecule has 0 saturated carbocycles. The quantitative estimate of drug-likeness (QED) is 0.623. The molecule has 0 radical (unpaired) electrons. The van der Waals surface area contributed by atoms with Gasteiger partial charge in [-0.2, -0.15) is 0 Å². The second kappa shape index (κ2) is 5.78. The molecule has 0 spiro atoms. The van der Waals surface area contributed by atoms with Gasteiger partial charge in [0.15, 0.2) is 5.65 Å². The van der Waals surface area contributed by atoms with Crippen LogP contribution >= 0.6 is 11.8 Å². The molecule has 0 unspecified atom stereocenters. The summed E-state index contributed by atoms with van der Waals surface area (Å²) >= 11 is 1.54. The summed E-state index contributed by atoms with van der Waals surface area (Å²) in [4.78, 5) is 33.1. The van der Waals surface area contributed by atoms with Crippen molar-refractivity contribution in [3.05, 3.63) is 26.7 Å². The minimum Gasteiger partial charge on any atom is -0.280 e. The lowest BCUT2D eigenvalue weighted by atomic mass is 10.3. The molecule has 6 nitrogen and oxygen atoms in total. The summed E-state index contributed by atoms with van der Waals surface area (Å²) in [6, 6.07) is 0. The van der Waals surface area contributed by atoms with Crippen molar-refractivity contribution in [2.75, 3.05) is 5.75 Å². The van der Waals surface area contributed by atoms with E-state index in [0.717, 1.165) is 16.7 Å². The van der Waals surface area contributed by atoms with E-state index in [1.165, 1.54) is 23.4 Å². The third-order valence-corrected chi connectivity index (χ3v) is 4.25. The van der Waals surface area contributed by atoms with Gasteiger partial charge >= 0.3 is 5.69 Å². The molecule has 0 fully saturated rings. The molecule has 2 rings (SSSR count). The first-order valence-corrected chi connectivity index (χ1v) is 7.59. The zero-order chi connectivity index (χ0) is 14.9. The number of aryl methyl sites for hydroxylation is 2. The standard InChI is InChI=1S/C13H18N4O2S/c1-5-7-20-11-9-10(14-8(6-2)15-11)16(3)13(19)17(4)12(9)18/h5-7H2,1-4H3. The lowest BCUT2D eigenvalue weighted by Crippen LogP contribution is -2.37. The Morgan fingerprint density at radius 1 is 1.10 bits per heavy atom. The average Bonchev–Trinajstić information content (AvgIpc) is 2.47. The molecule has 7 heteroatoms. The summed E-state index contributed by atoms with van der Waals surface area (Å²) in [6.45, 7) is 4.03. The van der Waals surface area contributed by atoms with Crippen molar-refractivity contribution in [3.63, 3.8) is 0 Å². The van der Waals surface area contributed by atoms with Crippen molar-refractivity contribution in [3.8, 4) is 0 Å². The van der Waals surface area contributed by atoms with Crippen LogP contribution in [0.25, 0.3) is 11.0 Å². The Morgan fingerprint density at radius 2 is 1.80 bits per heavy atom. The summed E-state index contributed by atoms with van der Waals surface area (Å²) < 4.78 is 2.51. The lowest BCUT2D eigenvalue weighted by molar-refractivity contribution is 0.698. The van der Waals surface area contributed by atoms with E-state index in [1.807, 2.05) is 6.92 Å². The fraction of sp³-hybridized carbons (Fsp3) is 0.538. The van der Waals surface area contributed by atoms with Crippen LogP contribution in [0.2, 0.25) is 0 Å². The molecule has 0 saturated heterocycles. The minimum absolute atomic E-state index is 0.329. The van der Waals surface area contributed by atoms with E-state index in [9.17, 15) is 9.59 Å². The molecule has 0 aliphatic heterocycles. The maximum Gasteiger partial charge on any atom is 0.332 e. The minimum atomic E-state index is -0.366. The fourth-order valence-electron chi connectivity index (χ4n) is 1.93. The second-order valence-corrected chi connectivity index (χ2v) is 5.63. The van der Waals surface area contributed by atoms with Gasteiger partial charge in [-0.15, -0.1) is 11.8 Å². The van der Waals surface area contributed by atoms with Crippen LogP contribution < -0.4 is 11.2 Å². The largest absolute Gasteiger partial charge is 0.332 e. The van der Waals surface area contributed by atoms with Gasteiger partial charge in [0.2, 0.25) is 0 Å². The van der Waals surface area contributed by atoms with Gasteiger partial charge in [-0.1, -0.05) is 13.8 Å². The lowest BCUT2D eigenvalue weighted by Gasteiger charge is -2.10. The van der Waals surface area contributed by atoms with Crippen LogP contribution in [0.1, 0.15) is 26.1 Å². The van der Waals surface area contributed by atoms with Gasteiger partial charge in [-0.25, -0.2) is 14.8 Å². The number of rotatable bonds is 4. The number of hydrogen-bond acceptors (Lipinski definition) is 5. The number of thioether (sulfide) groups is 1. The summed E-state index contributed by atoms with van der Waals surface area (Å²) in [7, 11) is 3.11. The molecular weight excluding hydrogens is 276 g/mol. The van der Waals surface area contributed by atoms with E-state index in [2.05, 4.69) is 16.9 Å². The highest BCUT2D eigenvalue weighted by Gasteiger charge is 2.16. The zero-order valence-electron chi connectivity index (χ0n) is 12.1. The summed E-state index contributed by atoms with van der Waals surface area (Å²) in [5.41, 5.74) is -0.275. The van der Waals surface area contributed by atoms with Crippen molar-refractivity contribution in [2.45, 2.75) is 31.7 Å². The van der Waals surface area contributed by atoms with Gasteiger partial charge in [0, 0.05) is 20.5 Å². The molecule has 0 atom stereocenters. The predicted octanol–water partition coefficient (Wildman–Crippen LogP) is 1.09. The zero-order valence-corrected chi connectivity index (χ0v) is 13.0. The highest BCUT2D eigenvalue weighted by Crippen LogP contribution is 2.22. The molecule has 0 aromatic carbocycles. The normalized spacial score (nSPS) is 11.2. The first-order chi connectivity index (χ1) is 9.51. The van der Waals surface area contributed by atoms with E-state index in [1.54, 1.807) is 7.05 Å². The third kappa shape index (κ3) is 2.37. The Labute approximate surface area is 120 Å². The van der Waals surface area contributed by atoms with E-state index >= 15 is 0 Å². The number of hydrogen-bond donors (Lipinski definition) is 0. The number of aromatic nitrogens is 4. The first-order valence-electron chi connectivity index (χ1n) is 6.60. The molecule has 0 aliphatic carbocycles. The highest BCUT2D eigenvalue weighted by atomic mass is 32.2. The van der Waals surface area contributed by atoms with E-state index in [-0.39, 0.29) is 11.2 Å². The highest BCUT2D eigenvalue weighted by molar-refractivity contribution is 7.99. The first kappa shape index (κ1) is 14.8. The molecule has 0 N–H and O–H groups in total. The molecule has 20 heavy (non-hydrogen) atoms. The van der Waals surface area contributed by atoms with Crippen LogP contribution in [0, 0.1) is 0 Å². The van der Waals surface area contributed by atoms with Crippen LogP contribution in [0.15, 0.2) is 14.6 Å². The van der Waals surface area contributed by atoms with Gasteiger partial charge < -0.3 is 0 Å². The fourth-order valence-corrected chi connectivity index (χ4v) is 2.82. The van der Waals surface area contributed by atoms with Crippen LogP contribution in [0.4, 0.5) is 0 Å². The SMILES string of the molecule is CCCSc1nc(CC)nc2c1c(=O)n(C)c(=O)n2C. The smallest absolute Gasteiger partial charge is 0.280 e. The summed E-state index contributed by atoms with van der Waals surface area (Å²) in [6.07, 6.45) is 1.66. The Bertz CT molecular complexity index is 764. The monoisotopic (exact) mass is 294 g/mol.